The number of hydrogen-bond donors (Lipinski definition) is 1. The second-order valence-corrected chi connectivity index (χ2v) is 6.28. The van der Waals surface area contributed by atoms with Gasteiger partial charge in [-0.3, -0.25) is 0 Å². The first-order valence-corrected chi connectivity index (χ1v) is 8.30. The van der Waals surface area contributed by atoms with Gasteiger partial charge in [-0.25, -0.2) is 4.98 Å². The summed E-state index contributed by atoms with van der Waals surface area (Å²) in [5, 5.41) is 12.1. The van der Waals surface area contributed by atoms with E-state index < -0.39 is 0 Å². The first-order valence-electron chi connectivity index (χ1n) is 7.42. The number of aliphatic hydroxyl groups excluding tert-OH is 1. The molecule has 1 N–H and O–H groups in total. The van der Waals surface area contributed by atoms with Gasteiger partial charge in [0, 0.05) is 31.1 Å². The fourth-order valence-corrected chi connectivity index (χ4v) is 3.80. The molecule has 1 unspecified atom stereocenters. The van der Waals surface area contributed by atoms with Crippen LogP contribution in [0.1, 0.15) is 12.6 Å². The molecule has 5 nitrogen and oxygen atoms in total. The second-order valence-electron chi connectivity index (χ2n) is 5.44. The molecule has 2 heterocycles. The Balaban J connectivity index is 1.74. The van der Waals surface area contributed by atoms with E-state index in [9.17, 15) is 0 Å². The van der Waals surface area contributed by atoms with Crippen LogP contribution in [-0.2, 0) is 6.61 Å². The van der Waals surface area contributed by atoms with Crippen LogP contribution in [-0.4, -0.2) is 42.9 Å². The summed E-state index contributed by atoms with van der Waals surface area (Å²) in [4.78, 5) is 9.16. The minimum absolute atomic E-state index is 0.00601. The van der Waals surface area contributed by atoms with E-state index in [0.29, 0.717) is 6.04 Å². The Labute approximate surface area is 134 Å². The van der Waals surface area contributed by atoms with Gasteiger partial charge in [0.15, 0.2) is 5.13 Å². The normalized spacial score (nSPS) is 18.6. The van der Waals surface area contributed by atoms with Crippen molar-refractivity contribution in [2.45, 2.75) is 19.6 Å². The van der Waals surface area contributed by atoms with Crippen LogP contribution >= 0.6 is 11.3 Å². The summed E-state index contributed by atoms with van der Waals surface area (Å²) >= 11 is 1.60. The third-order valence-corrected chi connectivity index (χ3v) is 4.93. The van der Waals surface area contributed by atoms with Crippen molar-refractivity contribution < 1.29 is 9.84 Å². The summed E-state index contributed by atoms with van der Waals surface area (Å²) in [5.41, 5.74) is 1.89. The molecule has 0 aliphatic carbocycles. The van der Waals surface area contributed by atoms with Gasteiger partial charge in [-0.1, -0.05) is 12.1 Å². The lowest BCUT2D eigenvalue weighted by molar-refractivity contribution is 0.277. The number of rotatable bonds is 4. The zero-order valence-electron chi connectivity index (χ0n) is 12.9. The molecule has 1 aliphatic heterocycles. The van der Waals surface area contributed by atoms with E-state index in [-0.39, 0.29) is 6.61 Å². The number of piperazine rings is 1. The van der Waals surface area contributed by atoms with Crippen LogP contribution < -0.4 is 14.5 Å². The lowest BCUT2D eigenvalue weighted by Crippen LogP contribution is -2.52. The van der Waals surface area contributed by atoms with Crippen molar-refractivity contribution in [1.29, 1.82) is 0 Å². The predicted molar refractivity (Wildman–Crippen MR) is 90.1 cm³/mol. The van der Waals surface area contributed by atoms with Crippen molar-refractivity contribution in [2.24, 2.45) is 0 Å². The fraction of sp³-hybridized carbons (Fsp3) is 0.438. The molecule has 118 valence electrons. The Morgan fingerprint density at radius 2 is 2.18 bits per heavy atom. The molecule has 0 spiro atoms. The smallest absolute Gasteiger partial charge is 0.185 e. The first-order chi connectivity index (χ1) is 10.7. The van der Waals surface area contributed by atoms with E-state index in [4.69, 9.17) is 9.84 Å². The Bertz CT molecular complexity index is 631. The molecule has 6 heteroatoms. The topological polar surface area (TPSA) is 48.8 Å². The van der Waals surface area contributed by atoms with E-state index in [0.717, 1.165) is 41.9 Å². The quantitative estimate of drug-likeness (QED) is 0.937. The highest BCUT2D eigenvalue weighted by Gasteiger charge is 2.27. The highest BCUT2D eigenvalue weighted by atomic mass is 32.1. The molecule has 3 rings (SSSR count). The molecule has 0 bridgehead atoms. The van der Waals surface area contributed by atoms with Crippen LogP contribution in [0.2, 0.25) is 0 Å². The van der Waals surface area contributed by atoms with Crippen LogP contribution in [0.25, 0.3) is 0 Å². The molecule has 1 fully saturated rings. The molecule has 1 aromatic carbocycles. The van der Waals surface area contributed by atoms with Crippen molar-refractivity contribution in [3.63, 3.8) is 0 Å². The molecule has 1 saturated heterocycles. The minimum atomic E-state index is 0.00601. The number of thiazole rings is 1. The number of ether oxygens (including phenoxy) is 1. The Morgan fingerprint density at radius 3 is 2.86 bits per heavy atom. The van der Waals surface area contributed by atoms with Gasteiger partial charge >= 0.3 is 0 Å². The summed E-state index contributed by atoms with van der Waals surface area (Å²) in [6.45, 7) is 4.98. The minimum Gasteiger partial charge on any atom is -0.495 e. The lowest BCUT2D eigenvalue weighted by Gasteiger charge is -2.41. The number of anilines is 2. The maximum atomic E-state index is 9.17. The number of aromatic nitrogens is 1. The van der Waals surface area contributed by atoms with Gasteiger partial charge in [-0.15, -0.1) is 11.3 Å². The number of para-hydroxylation sites is 2. The average Bonchev–Trinajstić information content (AvgIpc) is 3.03. The molecule has 0 amide bonds. The van der Waals surface area contributed by atoms with Gasteiger partial charge in [-0.2, -0.15) is 0 Å². The van der Waals surface area contributed by atoms with Gasteiger partial charge in [0.1, 0.15) is 5.75 Å². The van der Waals surface area contributed by atoms with Gasteiger partial charge in [0.05, 0.1) is 25.1 Å². The number of hydrogen-bond acceptors (Lipinski definition) is 6. The fourth-order valence-electron chi connectivity index (χ4n) is 2.85. The highest BCUT2D eigenvalue weighted by molar-refractivity contribution is 7.13. The highest BCUT2D eigenvalue weighted by Crippen LogP contribution is 2.31. The van der Waals surface area contributed by atoms with Gasteiger partial charge in [0.2, 0.25) is 0 Å². The molecule has 0 saturated carbocycles. The zero-order valence-corrected chi connectivity index (χ0v) is 13.7. The number of methoxy groups -OCH3 is 1. The van der Waals surface area contributed by atoms with Crippen LogP contribution in [0.4, 0.5) is 10.8 Å². The Morgan fingerprint density at radius 1 is 1.36 bits per heavy atom. The molecule has 2 aromatic rings. The van der Waals surface area contributed by atoms with Gasteiger partial charge < -0.3 is 19.6 Å². The maximum Gasteiger partial charge on any atom is 0.185 e. The lowest BCUT2D eigenvalue weighted by atomic mass is 10.1. The third-order valence-electron chi connectivity index (χ3n) is 4.00. The standard InChI is InChI=1S/C16H21N3O2S/c1-12-9-18(14-5-3-4-6-15(14)21-2)7-8-19(12)16-17-13(10-20)11-22-16/h3-6,11-12,20H,7-10H2,1-2H3. The molecule has 1 aromatic heterocycles. The van der Waals surface area contributed by atoms with Gasteiger partial charge in [-0.05, 0) is 19.1 Å². The maximum absolute atomic E-state index is 9.17. The summed E-state index contributed by atoms with van der Waals surface area (Å²) in [6, 6.07) is 8.50. The van der Waals surface area contributed by atoms with Crippen LogP contribution in [0, 0.1) is 0 Å². The zero-order chi connectivity index (χ0) is 15.5. The third kappa shape index (κ3) is 2.89. The first kappa shape index (κ1) is 15.1. The van der Waals surface area contributed by atoms with E-state index >= 15 is 0 Å². The summed E-state index contributed by atoms with van der Waals surface area (Å²) in [5.74, 6) is 0.917. The van der Waals surface area contributed by atoms with Crippen molar-refractivity contribution in [3.05, 3.63) is 35.3 Å². The molecular weight excluding hydrogens is 298 g/mol. The number of benzene rings is 1. The van der Waals surface area contributed by atoms with Crippen molar-refractivity contribution in [1.82, 2.24) is 4.98 Å². The Kier molecular flexibility index (Phi) is 4.49. The van der Waals surface area contributed by atoms with Crippen LogP contribution in [0.3, 0.4) is 0 Å². The summed E-state index contributed by atoms with van der Waals surface area (Å²) in [7, 11) is 1.71. The monoisotopic (exact) mass is 319 g/mol. The second kappa shape index (κ2) is 6.54. The average molecular weight is 319 g/mol. The molecule has 1 aliphatic rings. The van der Waals surface area contributed by atoms with E-state index in [1.54, 1.807) is 18.4 Å². The largest absolute Gasteiger partial charge is 0.495 e. The van der Waals surface area contributed by atoms with Gasteiger partial charge in [0.25, 0.3) is 0 Å². The number of aliphatic hydroxyl groups is 1. The SMILES string of the molecule is COc1ccccc1N1CCN(c2nc(CO)cs2)C(C)C1. The van der Waals surface area contributed by atoms with Crippen molar-refractivity contribution in [3.8, 4) is 5.75 Å². The number of nitrogens with zero attached hydrogens (tertiary/aromatic N) is 3. The molecule has 0 radical (unpaired) electrons. The molecule has 22 heavy (non-hydrogen) atoms. The molecule has 1 atom stereocenters. The van der Waals surface area contributed by atoms with Crippen LogP contribution in [0.15, 0.2) is 29.6 Å². The van der Waals surface area contributed by atoms with Crippen molar-refractivity contribution >= 4 is 22.2 Å². The van der Waals surface area contributed by atoms with Crippen LogP contribution in [0.5, 0.6) is 5.75 Å². The summed E-state index contributed by atoms with van der Waals surface area (Å²) < 4.78 is 5.47. The predicted octanol–water partition coefficient (Wildman–Crippen LogP) is 2.36. The van der Waals surface area contributed by atoms with E-state index in [1.165, 1.54) is 0 Å². The van der Waals surface area contributed by atoms with Crippen molar-refractivity contribution in [2.75, 3.05) is 36.5 Å². The molecular formula is C16H21N3O2S. The van der Waals surface area contributed by atoms with E-state index in [2.05, 4.69) is 27.8 Å². The summed E-state index contributed by atoms with van der Waals surface area (Å²) in [6.07, 6.45) is 0. The van der Waals surface area contributed by atoms with E-state index in [1.807, 2.05) is 23.6 Å². The Hall–Kier alpha value is -1.79.